The van der Waals surface area contributed by atoms with Crippen LogP contribution in [0.1, 0.15) is 24.8 Å². The number of rotatable bonds is 6. The van der Waals surface area contributed by atoms with Gasteiger partial charge in [-0.1, -0.05) is 31.0 Å². The Kier molecular flexibility index (Phi) is 3.62. The van der Waals surface area contributed by atoms with E-state index in [0.717, 1.165) is 29.0 Å². The fraction of sp³-hybridized carbons (Fsp3) is 0.400. The lowest BCUT2D eigenvalue weighted by molar-refractivity contribution is 0.115. The number of nitrogens with two attached hydrogens (primary N) is 1. The molecule has 0 spiro atoms. The van der Waals surface area contributed by atoms with Crippen LogP contribution in [0.3, 0.4) is 0 Å². The number of nitrogens with one attached hydrogen (secondary N) is 1. The summed E-state index contributed by atoms with van der Waals surface area (Å²) >= 11 is 0. The second kappa shape index (κ2) is 5.55. The van der Waals surface area contributed by atoms with Gasteiger partial charge in [0.15, 0.2) is 0 Å². The number of benzene rings is 1. The molecule has 100 valence electrons. The van der Waals surface area contributed by atoms with Crippen molar-refractivity contribution in [2.75, 3.05) is 12.0 Å². The number of nitrogens with zero attached hydrogens (tertiary/aromatic N) is 1. The van der Waals surface area contributed by atoms with Crippen molar-refractivity contribution in [3.63, 3.8) is 0 Å². The molecule has 4 heteroatoms. The third-order valence-electron chi connectivity index (χ3n) is 3.56. The summed E-state index contributed by atoms with van der Waals surface area (Å²) in [5.74, 6) is 7.14. The van der Waals surface area contributed by atoms with Crippen LogP contribution in [0.15, 0.2) is 30.3 Å². The normalized spacial score (nSPS) is 14.8. The van der Waals surface area contributed by atoms with Crippen molar-refractivity contribution < 1.29 is 4.74 Å². The van der Waals surface area contributed by atoms with Gasteiger partial charge in [0.05, 0.1) is 12.1 Å². The molecule has 0 saturated heterocycles. The number of fused-ring (bicyclic) bond motifs is 1. The second-order valence-electron chi connectivity index (χ2n) is 5.12. The summed E-state index contributed by atoms with van der Waals surface area (Å²) in [6, 6.07) is 10.1. The zero-order chi connectivity index (χ0) is 13.1. The molecular formula is C15H19N3O. The van der Waals surface area contributed by atoms with Crippen LogP contribution in [-0.2, 0) is 11.3 Å². The van der Waals surface area contributed by atoms with E-state index in [4.69, 9.17) is 10.6 Å². The smallest absolute Gasteiger partial charge is 0.146 e. The highest BCUT2D eigenvalue weighted by Crippen LogP contribution is 2.32. The lowest BCUT2D eigenvalue weighted by Gasteiger charge is -2.10. The van der Waals surface area contributed by atoms with E-state index in [1.54, 1.807) is 0 Å². The molecule has 0 unspecified atom stereocenters. The highest BCUT2D eigenvalue weighted by Gasteiger charge is 2.20. The van der Waals surface area contributed by atoms with E-state index < -0.39 is 0 Å². The molecule has 0 radical (unpaired) electrons. The average molecular weight is 257 g/mol. The largest absolute Gasteiger partial charge is 0.377 e. The summed E-state index contributed by atoms with van der Waals surface area (Å²) in [7, 11) is 0. The molecule has 0 atom stereocenters. The summed E-state index contributed by atoms with van der Waals surface area (Å²) in [5.41, 5.74) is 4.61. The molecule has 3 N–H and O–H groups in total. The number of aromatic nitrogens is 1. The Morgan fingerprint density at radius 3 is 2.95 bits per heavy atom. The van der Waals surface area contributed by atoms with Gasteiger partial charge in [-0.3, -0.25) is 0 Å². The SMILES string of the molecule is NNc1nc2ccccc2cc1COCCC1CC1. The van der Waals surface area contributed by atoms with Crippen molar-refractivity contribution in [3.05, 3.63) is 35.9 Å². The van der Waals surface area contributed by atoms with Crippen LogP contribution < -0.4 is 11.3 Å². The summed E-state index contributed by atoms with van der Waals surface area (Å²) in [4.78, 5) is 4.50. The average Bonchev–Trinajstić information content (AvgIpc) is 3.27. The van der Waals surface area contributed by atoms with Gasteiger partial charge in [0.25, 0.3) is 0 Å². The molecule has 1 saturated carbocycles. The van der Waals surface area contributed by atoms with E-state index in [0.29, 0.717) is 12.4 Å². The van der Waals surface area contributed by atoms with Crippen LogP contribution in [0.2, 0.25) is 0 Å². The molecule has 2 aromatic rings. The first-order chi connectivity index (χ1) is 9.36. The van der Waals surface area contributed by atoms with E-state index in [2.05, 4.69) is 22.5 Å². The molecule has 0 bridgehead atoms. The fourth-order valence-corrected chi connectivity index (χ4v) is 2.23. The summed E-state index contributed by atoms with van der Waals surface area (Å²) in [6.07, 6.45) is 3.92. The minimum absolute atomic E-state index is 0.560. The predicted molar refractivity (Wildman–Crippen MR) is 76.6 cm³/mol. The number of pyridine rings is 1. The zero-order valence-corrected chi connectivity index (χ0v) is 10.9. The molecule has 1 fully saturated rings. The van der Waals surface area contributed by atoms with Gasteiger partial charge in [0.2, 0.25) is 0 Å². The number of hydrogen-bond donors (Lipinski definition) is 2. The number of ether oxygens (including phenoxy) is 1. The minimum atomic E-state index is 0.560. The molecule has 1 heterocycles. The predicted octanol–water partition coefficient (Wildman–Crippen LogP) is 2.84. The lowest BCUT2D eigenvalue weighted by Crippen LogP contribution is -2.12. The van der Waals surface area contributed by atoms with Crippen LogP contribution in [0, 0.1) is 5.92 Å². The maximum Gasteiger partial charge on any atom is 0.146 e. The Morgan fingerprint density at radius 1 is 1.32 bits per heavy atom. The van der Waals surface area contributed by atoms with E-state index in [1.165, 1.54) is 19.3 Å². The third-order valence-corrected chi connectivity index (χ3v) is 3.56. The summed E-state index contributed by atoms with van der Waals surface area (Å²) < 4.78 is 5.73. The van der Waals surface area contributed by atoms with E-state index in [1.807, 2.05) is 18.2 Å². The number of para-hydroxylation sites is 1. The van der Waals surface area contributed by atoms with Crippen LogP contribution in [0.4, 0.5) is 5.82 Å². The highest BCUT2D eigenvalue weighted by atomic mass is 16.5. The van der Waals surface area contributed by atoms with Crippen molar-refractivity contribution in [2.45, 2.75) is 25.9 Å². The fourth-order valence-electron chi connectivity index (χ4n) is 2.23. The number of nitrogen functional groups attached to an aromatic ring is 1. The van der Waals surface area contributed by atoms with Crippen molar-refractivity contribution in [1.82, 2.24) is 4.98 Å². The molecule has 1 aromatic heterocycles. The van der Waals surface area contributed by atoms with Crippen molar-refractivity contribution >= 4 is 16.7 Å². The van der Waals surface area contributed by atoms with Gasteiger partial charge < -0.3 is 10.2 Å². The van der Waals surface area contributed by atoms with Crippen molar-refractivity contribution in [2.24, 2.45) is 11.8 Å². The van der Waals surface area contributed by atoms with Crippen LogP contribution >= 0.6 is 0 Å². The summed E-state index contributed by atoms with van der Waals surface area (Å²) in [6.45, 7) is 1.38. The van der Waals surface area contributed by atoms with Crippen LogP contribution in [0.25, 0.3) is 10.9 Å². The second-order valence-corrected chi connectivity index (χ2v) is 5.12. The minimum Gasteiger partial charge on any atom is -0.377 e. The van der Waals surface area contributed by atoms with Crippen molar-refractivity contribution in [3.8, 4) is 0 Å². The zero-order valence-electron chi connectivity index (χ0n) is 10.9. The lowest BCUT2D eigenvalue weighted by atomic mass is 10.1. The van der Waals surface area contributed by atoms with Gasteiger partial charge in [-0.2, -0.15) is 0 Å². The van der Waals surface area contributed by atoms with Crippen molar-refractivity contribution in [1.29, 1.82) is 0 Å². The molecule has 1 aliphatic rings. The number of hydrazine groups is 1. The molecule has 3 rings (SSSR count). The molecular weight excluding hydrogens is 238 g/mol. The molecule has 1 aromatic carbocycles. The Morgan fingerprint density at radius 2 is 2.16 bits per heavy atom. The third kappa shape index (κ3) is 3.03. The molecule has 1 aliphatic carbocycles. The van der Waals surface area contributed by atoms with Gasteiger partial charge in [-0.15, -0.1) is 0 Å². The Hall–Kier alpha value is -1.65. The molecule has 4 nitrogen and oxygen atoms in total. The first-order valence-electron chi connectivity index (χ1n) is 6.80. The van der Waals surface area contributed by atoms with Gasteiger partial charge in [-0.25, -0.2) is 10.8 Å². The topological polar surface area (TPSA) is 60.2 Å². The van der Waals surface area contributed by atoms with Gasteiger partial charge in [0.1, 0.15) is 5.82 Å². The van der Waals surface area contributed by atoms with Gasteiger partial charge >= 0.3 is 0 Å². The monoisotopic (exact) mass is 257 g/mol. The molecule has 19 heavy (non-hydrogen) atoms. The molecule has 0 amide bonds. The Bertz CT molecular complexity index is 566. The maximum absolute atomic E-state index is 5.73. The first kappa shape index (κ1) is 12.4. The van der Waals surface area contributed by atoms with E-state index in [-0.39, 0.29) is 0 Å². The summed E-state index contributed by atoms with van der Waals surface area (Å²) in [5, 5.41) is 1.11. The molecule has 0 aliphatic heterocycles. The van der Waals surface area contributed by atoms with E-state index >= 15 is 0 Å². The van der Waals surface area contributed by atoms with Gasteiger partial charge in [-0.05, 0) is 24.5 Å². The standard InChI is InChI=1S/C15H19N3O/c16-18-15-13(10-19-8-7-11-5-6-11)9-12-3-1-2-4-14(12)17-15/h1-4,9,11H,5-8,10,16H2,(H,17,18). The number of anilines is 1. The maximum atomic E-state index is 5.73. The highest BCUT2D eigenvalue weighted by molar-refractivity contribution is 5.81. The quantitative estimate of drug-likeness (QED) is 0.474. The van der Waals surface area contributed by atoms with Crippen LogP contribution in [-0.4, -0.2) is 11.6 Å². The van der Waals surface area contributed by atoms with Crippen LogP contribution in [0.5, 0.6) is 0 Å². The Balaban J connectivity index is 1.72. The van der Waals surface area contributed by atoms with Gasteiger partial charge in [0, 0.05) is 17.6 Å². The Labute approximate surface area is 112 Å². The first-order valence-corrected chi connectivity index (χ1v) is 6.80. The van der Waals surface area contributed by atoms with E-state index in [9.17, 15) is 0 Å². The number of hydrogen-bond acceptors (Lipinski definition) is 4.